The van der Waals surface area contributed by atoms with Crippen LogP contribution in [0.3, 0.4) is 0 Å². The van der Waals surface area contributed by atoms with Crippen molar-refractivity contribution in [1.29, 1.82) is 0 Å². The van der Waals surface area contributed by atoms with E-state index in [-0.39, 0.29) is 18.4 Å². The van der Waals surface area contributed by atoms with Gasteiger partial charge in [-0.1, -0.05) is 19.9 Å². The molecular weight excluding hydrogens is 530 g/mol. The van der Waals surface area contributed by atoms with Crippen molar-refractivity contribution in [3.8, 4) is 0 Å². The van der Waals surface area contributed by atoms with Crippen molar-refractivity contribution >= 4 is 18.0 Å². The summed E-state index contributed by atoms with van der Waals surface area (Å²) in [4.78, 5) is 37.7. The van der Waals surface area contributed by atoms with E-state index in [0.717, 1.165) is 19.5 Å². The number of nitrogens with two attached hydrogens (primary N) is 2. The van der Waals surface area contributed by atoms with Crippen molar-refractivity contribution in [3.63, 3.8) is 0 Å². The van der Waals surface area contributed by atoms with E-state index in [1.165, 1.54) is 12.3 Å². The number of hydrogen-bond acceptors (Lipinski definition) is 8. The van der Waals surface area contributed by atoms with Crippen molar-refractivity contribution in [2.45, 2.75) is 82.2 Å². The van der Waals surface area contributed by atoms with Gasteiger partial charge in [0, 0.05) is 49.8 Å². The molecule has 4 aliphatic heterocycles. The number of likely N-dealkylation sites (tertiary alicyclic amines) is 2. The Morgan fingerprint density at radius 1 is 1.17 bits per heavy atom. The lowest BCUT2D eigenvalue weighted by Gasteiger charge is -2.46. The van der Waals surface area contributed by atoms with Crippen LogP contribution in [-0.2, 0) is 9.59 Å². The maximum Gasteiger partial charge on any atom is 0.228 e. The number of allylic oxidation sites excluding steroid dienone is 1. The van der Waals surface area contributed by atoms with E-state index >= 15 is 4.39 Å². The summed E-state index contributed by atoms with van der Waals surface area (Å²) in [5.41, 5.74) is 11.7. The number of carbonyl (C=O) groups is 2. The molecule has 0 bridgehead atoms. The number of hydrogen-bond donors (Lipinski definition) is 4. The second kappa shape index (κ2) is 13.5. The molecule has 0 radical (unpaired) electrons. The number of piperidine rings is 2. The molecule has 3 saturated heterocycles. The van der Waals surface area contributed by atoms with Gasteiger partial charge in [0.15, 0.2) is 6.17 Å². The number of alkyl halides is 2. The molecule has 3 fully saturated rings. The van der Waals surface area contributed by atoms with Gasteiger partial charge < -0.3 is 31.9 Å². The Morgan fingerprint density at radius 2 is 1.88 bits per heavy atom. The van der Waals surface area contributed by atoms with Crippen LogP contribution in [0, 0.1) is 17.3 Å². The SMILES string of the molecule is CCC1(C)C=CC(F)C=NC1C(C(=O)NC1CNCC(F)C1N1CCC(C(=O)N2CC[C@@H](N(C)C)C2)CC1)C(N)N. The molecule has 2 amide bonds. The predicted molar refractivity (Wildman–Crippen MR) is 157 cm³/mol. The molecule has 232 valence electrons. The Labute approximate surface area is 243 Å². The lowest BCUT2D eigenvalue weighted by molar-refractivity contribution is -0.136. The zero-order chi connectivity index (χ0) is 29.9. The topological polar surface area (TPSA) is 132 Å². The number of nitrogens with zero attached hydrogens (tertiary/aromatic N) is 4. The largest absolute Gasteiger partial charge is 0.350 e. The van der Waals surface area contributed by atoms with Crippen molar-refractivity contribution in [2.24, 2.45) is 33.7 Å². The maximum atomic E-state index is 15.5. The zero-order valence-electron chi connectivity index (χ0n) is 25.0. The molecule has 7 unspecified atom stereocenters. The Balaban J connectivity index is 1.43. The zero-order valence-corrected chi connectivity index (χ0v) is 25.0. The van der Waals surface area contributed by atoms with Gasteiger partial charge in [0.05, 0.1) is 30.2 Å². The molecule has 6 N–H and O–H groups in total. The lowest BCUT2D eigenvalue weighted by Crippen LogP contribution is -2.67. The Bertz CT molecular complexity index is 972. The average molecular weight is 581 g/mol. The first kappa shape index (κ1) is 31.9. The van der Waals surface area contributed by atoms with E-state index in [1.54, 1.807) is 6.08 Å². The number of rotatable bonds is 8. The molecule has 4 aliphatic rings. The highest BCUT2D eigenvalue weighted by atomic mass is 19.1. The first-order chi connectivity index (χ1) is 19.4. The fourth-order valence-corrected chi connectivity index (χ4v) is 7.00. The molecule has 0 aromatic carbocycles. The van der Waals surface area contributed by atoms with Crippen LogP contribution in [0.2, 0.25) is 0 Å². The third-order valence-electron chi connectivity index (χ3n) is 9.86. The van der Waals surface area contributed by atoms with E-state index in [9.17, 15) is 14.0 Å². The van der Waals surface area contributed by atoms with E-state index in [4.69, 9.17) is 11.5 Å². The fourth-order valence-electron chi connectivity index (χ4n) is 7.00. The number of amides is 2. The van der Waals surface area contributed by atoms with Crippen LogP contribution >= 0.6 is 0 Å². The molecule has 12 heteroatoms. The molecule has 10 nitrogen and oxygen atoms in total. The first-order valence-electron chi connectivity index (χ1n) is 15.2. The summed E-state index contributed by atoms with van der Waals surface area (Å²) in [7, 11) is 4.09. The van der Waals surface area contributed by atoms with Gasteiger partial charge in [-0.25, -0.2) is 8.78 Å². The summed E-state index contributed by atoms with van der Waals surface area (Å²) in [6.07, 6.45) is 3.73. The summed E-state index contributed by atoms with van der Waals surface area (Å²) in [6, 6.07) is -1.34. The van der Waals surface area contributed by atoms with Gasteiger partial charge in [-0.05, 0) is 58.9 Å². The minimum absolute atomic E-state index is 0.0631. The second-order valence-electron chi connectivity index (χ2n) is 12.8. The van der Waals surface area contributed by atoms with E-state index in [1.807, 2.05) is 32.8 Å². The van der Waals surface area contributed by atoms with E-state index in [0.29, 0.717) is 44.9 Å². The van der Waals surface area contributed by atoms with E-state index < -0.39 is 53.9 Å². The highest BCUT2D eigenvalue weighted by molar-refractivity contribution is 5.81. The molecule has 8 atom stereocenters. The normalized spacial score (nSPS) is 36.1. The standard InChI is InChI=1S/C29H50F2N8O2/c1-5-29(2)10-6-19(30)14-35-25(29)23(26(32)33)27(40)36-22-16-34-15-21(31)24(22)38-11-7-18(8-12-38)28(41)39-13-9-20(17-39)37(3)4/h6,10,14,18-26,34H,5,7-9,11-13,15-17,32-33H2,1-4H3,(H,36,40)/t19?,20-,21?,22?,23?,24?,25?,29?/m1/s1. The monoisotopic (exact) mass is 580 g/mol. The van der Waals surface area contributed by atoms with Crippen molar-refractivity contribution < 1.29 is 18.4 Å². The van der Waals surface area contributed by atoms with Gasteiger partial charge >= 0.3 is 0 Å². The third-order valence-corrected chi connectivity index (χ3v) is 9.86. The summed E-state index contributed by atoms with van der Waals surface area (Å²) in [6.45, 7) is 7.18. The molecular formula is C29H50F2N8O2. The molecule has 0 spiro atoms. The molecule has 0 aliphatic carbocycles. The Kier molecular flexibility index (Phi) is 10.5. The van der Waals surface area contributed by atoms with Crippen LogP contribution < -0.4 is 22.1 Å². The fraction of sp³-hybridized carbons (Fsp3) is 0.828. The summed E-state index contributed by atoms with van der Waals surface area (Å²) < 4.78 is 29.7. The maximum absolute atomic E-state index is 15.5. The van der Waals surface area contributed by atoms with Crippen LogP contribution in [-0.4, -0.2) is 129 Å². The molecule has 0 aromatic rings. The van der Waals surface area contributed by atoms with Gasteiger partial charge in [-0.3, -0.25) is 19.5 Å². The van der Waals surface area contributed by atoms with Gasteiger partial charge in [0.2, 0.25) is 11.8 Å². The first-order valence-corrected chi connectivity index (χ1v) is 15.2. The van der Waals surface area contributed by atoms with E-state index in [2.05, 4.69) is 25.4 Å². The Morgan fingerprint density at radius 3 is 2.49 bits per heavy atom. The van der Waals surface area contributed by atoms with Crippen molar-refractivity contribution in [2.75, 3.05) is 53.4 Å². The van der Waals surface area contributed by atoms with Crippen LogP contribution in [0.4, 0.5) is 8.78 Å². The van der Waals surface area contributed by atoms with Crippen LogP contribution in [0.5, 0.6) is 0 Å². The van der Waals surface area contributed by atoms with Crippen LogP contribution in [0.15, 0.2) is 17.1 Å². The number of nitrogens with one attached hydrogen (secondary N) is 2. The Hall–Kier alpha value is -1.99. The van der Waals surface area contributed by atoms with Crippen molar-refractivity contribution in [1.82, 2.24) is 25.3 Å². The molecule has 4 heterocycles. The van der Waals surface area contributed by atoms with Crippen molar-refractivity contribution in [3.05, 3.63) is 12.2 Å². The summed E-state index contributed by atoms with van der Waals surface area (Å²) in [5.74, 6) is -1.20. The second-order valence-corrected chi connectivity index (χ2v) is 12.8. The number of carbonyl (C=O) groups excluding carboxylic acids is 2. The summed E-state index contributed by atoms with van der Waals surface area (Å²) in [5, 5.41) is 6.14. The van der Waals surface area contributed by atoms with Gasteiger partial charge in [0.25, 0.3) is 0 Å². The minimum Gasteiger partial charge on any atom is -0.350 e. The smallest absolute Gasteiger partial charge is 0.228 e. The molecule has 0 aromatic heterocycles. The summed E-state index contributed by atoms with van der Waals surface area (Å²) >= 11 is 0. The van der Waals surface area contributed by atoms with Gasteiger partial charge in [-0.15, -0.1) is 0 Å². The van der Waals surface area contributed by atoms with Crippen LogP contribution in [0.25, 0.3) is 0 Å². The quantitative estimate of drug-likeness (QED) is 0.240. The van der Waals surface area contributed by atoms with Gasteiger partial charge in [0.1, 0.15) is 6.17 Å². The number of halogens is 2. The molecule has 0 saturated carbocycles. The number of likely N-dealkylation sites (N-methyl/N-ethyl adjacent to an activating group) is 1. The molecule has 41 heavy (non-hydrogen) atoms. The lowest BCUT2D eigenvalue weighted by atomic mass is 9.72. The van der Waals surface area contributed by atoms with Crippen LogP contribution in [0.1, 0.15) is 39.5 Å². The highest BCUT2D eigenvalue weighted by Crippen LogP contribution is 2.37. The average Bonchev–Trinajstić information content (AvgIpc) is 3.39. The van der Waals surface area contributed by atoms with Gasteiger partial charge in [-0.2, -0.15) is 0 Å². The number of aliphatic imine (C=N–C) groups is 1. The predicted octanol–water partition coefficient (Wildman–Crippen LogP) is 0.279. The molecule has 4 rings (SSSR count). The third kappa shape index (κ3) is 7.15. The highest BCUT2D eigenvalue weighted by Gasteiger charge is 2.46. The minimum atomic E-state index is -1.35.